The normalized spacial score (nSPS) is 18.9. The van der Waals surface area contributed by atoms with Gasteiger partial charge in [-0.05, 0) is 48.9 Å². The average Bonchev–Trinajstić information content (AvgIpc) is 2.75. The largest absolute Gasteiger partial charge is 0.370 e. The molecule has 2 aliphatic heterocycles. The predicted octanol–water partition coefficient (Wildman–Crippen LogP) is 4.15. The number of carbonyl (C=O) groups is 2. The number of carbonyl (C=O) groups excluding carboxylic acids is 2. The lowest BCUT2D eigenvalue weighted by Crippen LogP contribution is -2.40. The Bertz CT molecular complexity index is 889. The highest BCUT2D eigenvalue weighted by Crippen LogP contribution is 2.33. The van der Waals surface area contributed by atoms with Crippen LogP contribution in [0, 0.1) is 0 Å². The number of anilines is 2. The van der Waals surface area contributed by atoms with Crippen LogP contribution in [0.1, 0.15) is 49.8 Å². The molecule has 5 heteroatoms. The number of hydrogen-bond donors (Lipinski definition) is 1. The number of hydrogen-bond acceptors (Lipinski definition) is 3. The van der Waals surface area contributed by atoms with Crippen LogP contribution in [0.2, 0.25) is 0 Å². The molecule has 0 radical (unpaired) electrons. The van der Waals surface area contributed by atoms with Gasteiger partial charge in [0.1, 0.15) is 0 Å². The van der Waals surface area contributed by atoms with Crippen LogP contribution in [0.25, 0.3) is 0 Å². The molecule has 1 saturated heterocycles. The van der Waals surface area contributed by atoms with Crippen molar-refractivity contribution in [1.82, 2.24) is 4.90 Å². The number of piperidine rings is 1. The van der Waals surface area contributed by atoms with E-state index in [1.165, 1.54) is 24.8 Å². The van der Waals surface area contributed by atoms with E-state index in [4.69, 9.17) is 0 Å². The Labute approximate surface area is 172 Å². The fourth-order valence-corrected chi connectivity index (χ4v) is 4.62. The first-order valence-corrected chi connectivity index (χ1v) is 10.6. The number of nitrogens with one attached hydrogen (secondary N) is 1. The molecule has 1 N–H and O–H groups in total. The van der Waals surface area contributed by atoms with Gasteiger partial charge in [0.15, 0.2) is 0 Å². The Balaban J connectivity index is 1.53. The molecule has 4 rings (SSSR count). The Morgan fingerprint density at radius 3 is 2.48 bits per heavy atom. The maximum Gasteiger partial charge on any atom is 0.226 e. The molecule has 0 bridgehead atoms. The third kappa shape index (κ3) is 4.29. The summed E-state index contributed by atoms with van der Waals surface area (Å²) in [4.78, 5) is 29.4. The van der Waals surface area contributed by atoms with Crippen LogP contribution in [-0.4, -0.2) is 36.3 Å². The molecule has 5 nitrogen and oxygen atoms in total. The molecule has 0 aromatic heterocycles. The Morgan fingerprint density at radius 2 is 1.69 bits per heavy atom. The van der Waals surface area contributed by atoms with E-state index in [1.807, 2.05) is 41.3 Å². The van der Waals surface area contributed by atoms with Crippen molar-refractivity contribution in [1.29, 1.82) is 0 Å². The third-order valence-electron chi connectivity index (χ3n) is 6.07. The lowest BCUT2D eigenvalue weighted by molar-refractivity contribution is -0.132. The monoisotopic (exact) mass is 391 g/mol. The Hall–Kier alpha value is -2.82. The lowest BCUT2D eigenvalue weighted by atomic mass is 9.90. The molecule has 1 atom stereocenters. The standard InChI is InChI=1S/C24H29N3O2/c1-18(28)27-16-13-19-9-3-4-10-20(19)23(27)17-24(29)25-21-11-5-6-12-22(21)26-14-7-2-8-15-26/h3-6,9-12,23H,2,7-8,13-17H2,1H3,(H,25,29). The van der Waals surface area contributed by atoms with Crippen LogP contribution < -0.4 is 10.2 Å². The van der Waals surface area contributed by atoms with Gasteiger partial charge in [0, 0.05) is 26.6 Å². The zero-order chi connectivity index (χ0) is 20.2. The molecule has 2 aromatic carbocycles. The summed E-state index contributed by atoms with van der Waals surface area (Å²) in [5, 5.41) is 3.13. The van der Waals surface area contributed by atoms with E-state index < -0.39 is 0 Å². The van der Waals surface area contributed by atoms with Gasteiger partial charge in [0.25, 0.3) is 0 Å². The molecule has 0 saturated carbocycles. The molecule has 2 amide bonds. The quantitative estimate of drug-likeness (QED) is 0.852. The second-order valence-electron chi connectivity index (χ2n) is 7.99. The highest BCUT2D eigenvalue weighted by Gasteiger charge is 2.30. The minimum Gasteiger partial charge on any atom is -0.370 e. The molecular weight excluding hydrogens is 362 g/mol. The second kappa shape index (κ2) is 8.68. The Morgan fingerprint density at radius 1 is 0.966 bits per heavy atom. The average molecular weight is 392 g/mol. The number of benzene rings is 2. The van der Waals surface area contributed by atoms with E-state index in [9.17, 15) is 9.59 Å². The van der Waals surface area contributed by atoms with E-state index in [0.717, 1.165) is 36.4 Å². The van der Waals surface area contributed by atoms with Gasteiger partial charge in [-0.15, -0.1) is 0 Å². The summed E-state index contributed by atoms with van der Waals surface area (Å²) < 4.78 is 0. The van der Waals surface area contributed by atoms with Crippen molar-refractivity contribution in [3.63, 3.8) is 0 Å². The SMILES string of the molecule is CC(=O)N1CCc2ccccc2C1CC(=O)Nc1ccccc1N1CCCCC1. The molecule has 29 heavy (non-hydrogen) atoms. The van der Waals surface area contributed by atoms with Crippen LogP contribution in [-0.2, 0) is 16.0 Å². The van der Waals surface area contributed by atoms with Crippen molar-refractivity contribution in [3.8, 4) is 0 Å². The third-order valence-corrected chi connectivity index (χ3v) is 6.07. The lowest BCUT2D eigenvalue weighted by Gasteiger charge is -2.36. The van der Waals surface area contributed by atoms with Gasteiger partial charge < -0.3 is 15.1 Å². The first-order valence-electron chi connectivity index (χ1n) is 10.6. The van der Waals surface area contributed by atoms with Crippen LogP contribution in [0.15, 0.2) is 48.5 Å². The molecule has 2 aliphatic rings. The second-order valence-corrected chi connectivity index (χ2v) is 7.99. The van der Waals surface area contributed by atoms with Gasteiger partial charge >= 0.3 is 0 Å². The van der Waals surface area contributed by atoms with Crippen molar-refractivity contribution in [2.45, 2.75) is 45.1 Å². The summed E-state index contributed by atoms with van der Waals surface area (Å²) >= 11 is 0. The van der Waals surface area contributed by atoms with E-state index in [-0.39, 0.29) is 24.3 Å². The number of nitrogens with zero attached hydrogens (tertiary/aromatic N) is 2. The number of amides is 2. The maximum absolute atomic E-state index is 13.0. The summed E-state index contributed by atoms with van der Waals surface area (Å²) in [6.45, 7) is 4.31. The van der Waals surface area contributed by atoms with Crippen molar-refractivity contribution < 1.29 is 9.59 Å². The van der Waals surface area contributed by atoms with Gasteiger partial charge in [-0.2, -0.15) is 0 Å². The first kappa shape index (κ1) is 19.5. The number of para-hydroxylation sites is 2. The van der Waals surface area contributed by atoms with Crippen LogP contribution in [0.3, 0.4) is 0 Å². The molecule has 1 fully saturated rings. The number of fused-ring (bicyclic) bond motifs is 1. The summed E-state index contributed by atoms with van der Waals surface area (Å²) in [7, 11) is 0. The van der Waals surface area contributed by atoms with Crippen molar-refractivity contribution >= 4 is 23.2 Å². The zero-order valence-electron chi connectivity index (χ0n) is 17.1. The zero-order valence-corrected chi connectivity index (χ0v) is 17.1. The highest BCUT2D eigenvalue weighted by molar-refractivity contribution is 5.95. The van der Waals surface area contributed by atoms with Gasteiger partial charge in [-0.3, -0.25) is 9.59 Å². The molecule has 0 aliphatic carbocycles. The van der Waals surface area contributed by atoms with Crippen molar-refractivity contribution in [2.24, 2.45) is 0 Å². The molecule has 0 spiro atoms. The van der Waals surface area contributed by atoms with Gasteiger partial charge in [0.05, 0.1) is 23.8 Å². The molecular formula is C24H29N3O2. The fraction of sp³-hybridized carbons (Fsp3) is 0.417. The molecule has 1 unspecified atom stereocenters. The van der Waals surface area contributed by atoms with Crippen molar-refractivity contribution in [3.05, 3.63) is 59.7 Å². The van der Waals surface area contributed by atoms with E-state index in [2.05, 4.69) is 22.3 Å². The summed E-state index contributed by atoms with van der Waals surface area (Å²) in [6, 6.07) is 16.0. The van der Waals surface area contributed by atoms with Gasteiger partial charge in [-0.25, -0.2) is 0 Å². The fourth-order valence-electron chi connectivity index (χ4n) is 4.62. The highest BCUT2D eigenvalue weighted by atomic mass is 16.2. The minimum atomic E-state index is -0.209. The minimum absolute atomic E-state index is 0.0195. The molecule has 2 aromatic rings. The molecule has 152 valence electrons. The van der Waals surface area contributed by atoms with Gasteiger partial charge in [-0.1, -0.05) is 36.4 Å². The summed E-state index contributed by atoms with van der Waals surface area (Å²) in [6.07, 6.45) is 4.76. The van der Waals surface area contributed by atoms with Crippen molar-refractivity contribution in [2.75, 3.05) is 29.9 Å². The van der Waals surface area contributed by atoms with E-state index in [1.54, 1.807) is 6.92 Å². The van der Waals surface area contributed by atoms with E-state index >= 15 is 0 Å². The number of rotatable bonds is 4. The van der Waals surface area contributed by atoms with Gasteiger partial charge in [0.2, 0.25) is 11.8 Å². The topological polar surface area (TPSA) is 52.7 Å². The van der Waals surface area contributed by atoms with Crippen LogP contribution >= 0.6 is 0 Å². The maximum atomic E-state index is 13.0. The first-order chi connectivity index (χ1) is 14.1. The van der Waals surface area contributed by atoms with Crippen LogP contribution in [0.4, 0.5) is 11.4 Å². The summed E-state index contributed by atoms with van der Waals surface area (Å²) in [5.74, 6) is -0.0339. The molecule has 2 heterocycles. The van der Waals surface area contributed by atoms with Crippen LogP contribution in [0.5, 0.6) is 0 Å². The summed E-state index contributed by atoms with van der Waals surface area (Å²) in [5.41, 5.74) is 4.27. The Kier molecular flexibility index (Phi) is 5.84. The van der Waals surface area contributed by atoms with E-state index in [0.29, 0.717) is 6.54 Å². The smallest absolute Gasteiger partial charge is 0.226 e. The predicted molar refractivity (Wildman–Crippen MR) is 116 cm³/mol.